The number of carbonyl (C=O) groups excluding carboxylic acids is 1. The van der Waals surface area contributed by atoms with E-state index in [-0.39, 0.29) is 17.9 Å². The smallest absolute Gasteiger partial charge is 0.249 e. The number of halogens is 2. The third-order valence-electron chi connectivity index (χ3n) is 4.15. The van der Waals surface area contributed by atoms with Crippen LogP contribution in [0.1, 0.15) is 45.2 Å². The predicted octanol–water partition coefficient (Wildman–Crippen LogP) is 3.36. The van der Waals surface area contributed by atoms with E-state index in [9.17, 15) is 13.6 Å². The number of amides is 1. The summed E-state index contributed by atoms with van der Waals surface area (Å²) in [6.07, 6.45) is 1.39. The van der Waals surface area contributed by atoms with Gasteiger partial charge in [-0.25, -0.2) is 8.78 Å². The molecule has 0 spiro atoms. The minimum atomic E-state index is -0.927. The average molecular weight is 341 g/mol. The molecule has 1 aromatic carbocycles. The van der Waals surface area contributed by atoms with Crippen LogP contribution in [0.15, 0.2) is 18.2 Å². The van der Waals surface area contributed by atoms with Crippen molar-refractivity contribution in [1.82, 2.24) is 5.32 Å². The van der Waals surface area contributed by atoms with Crippen molar-refractivity contribution in [3.8, 4) is 0 Å². The zero-order valence-corrected chi connectivity index (χ0v) is 14.4. The molecule has 3 atom stereocenters. The molecule has 1 N–H and O–H groups in total. The Bertz CT molecular complexity index is 559. The number of nitrogens with one attached hydrogen (secondary N) is 1. The van der Waals surface area contributed by atoms with E-state index >= 15 is 0 Å². The quantitative estimate of drug-likeness (QED) is 0.827. The van der Waals surface area contributed by atoms with E-state index < -0.39 is 23.8 Å². The molecule has 134 valence electrons. The molecule has 1 saturated heterocycles. The van der Waals surface area contributed by atoms with Gasteiger partial charge < -0.3 is 14.8 Å². The highest BCUT2D eigenvalue weighted by atomic mass is 19.2. The summed E-state index contributed by atoms with van der Waals surface area (Å²) in [5.41, 5.74) is 0.504. The highest BCUT2D eigenvalue weighted by molar-refractivity contribution is 5.81. The van der Waals surface area contributed by atoms with Gasteiger partial charge >= 0.3 is 0 Å². The van der Waals surface area contributed by atoms with E-state index in [1.165, 1.54) is 6.07 Å². The Morgan fingerprint density at radius 3 is 2.67 bits per heavy atom. The van der Waals surface area contributed by atoms with Crippen molar-refractivity contribution >= 4 is 5.91 Å². The maximum atomic E-state index is 13.3. The molecule has 0 unspecified atom stereocenters. The molecule has 0 bridgehead atoms. The van der Waals surface area contributed by atoms with Gasteiger partial charge in [0.25, 0.3) is 0 Å². The first-order valence-electron chi connectivity index (χ1n) is 8.37. The molecule has 6 heteroatoms. The summed E-state index contributed by atoms with van der Waals surface area (Å²) in [7, 11) is 0. The molecular weight excluding hydrogens is 316 g/mol. The van der Waals surface area contributed by atoms with Crippen LogP contribution in [-0.4, -0.2) is 31.3 Å². The minimum Gasteiger partial charge on any atom is -0.376 e. The van der Waals surface area contributed by atoms with Crippen molar-refractivity contribution in [1.29, 1.82) is 0 Å². The zero-order chi connectivity index (χ0) is 17.7. The van der Waals surface area contributed by atoms with Crippen LogP contribution in [0.4, 0.5) is 8.78 Å². The summed E-state index contributed by atoms with van der Waals surface area (Å²) in [4.78, 5) is 12.5. The lowest BCUT2D eigenvalue weighted by Gasteiger charge is -2.24. The fourth-order valence-corrected chi connectivity index (χ4v) is 2.72. The third-order valence-corrected chi connectivity index (χ3v) is 4.15. The summed E-state index contributed by atoms with van der Waals surface area (Å²) in [5.74, 6) is -2.11. The van der Waals surface area contributed by atoms with Crippen LogP contribution < -0.4 is 5.32 Å². The van der Waals surface area contributed by atoms with Crippen molar-refractivity contribution in [2.75, 3.05) is 13.2 Å². The van der Waals surface area contributed by atoms with Gasteiger partial charge in [-0.05, 0) is 43.4 Å². The lowest BCUT2D eigenvalue weighted by atomic mass is 10.0. The van der Waals surface area contributed by atoms with Crippen molar-refractivity contribution in [2.45, 2.75) is 51.9 Å². The van der Waals surface area contributed by atoms with E-state index in [0.717, 1.165) is 31.6 Å². The van der Waals surface area contributed by atoms with Gasteiger partial charge in [-0.2, -0.15) is 0 Å². The van der Waals surface area contributed by atoms with Gasteiger partial charge in [0.2, 0.25) is 5.91 Å². The Labute approximate surface area is 141 Å². The molecule has 24 heavy (non-hydrogen) atoms. The molecule has 1 fully saturated rings. The minimum absolute atomic E-state index is 0.0106. The molecule has 0 radical (unpaired) electrons. The Morgan fingerprint density at radius 1 is 1.33 bits per heavy atom. The third kappa shape index (κ3) is 4.98. The van der Waals surface area contributed by atoms with Gasteiger partial charge in [0.1, 0.15) is 6.10 Å². The number of rotatable bonds is 7. The van der Waals surface area contributed by atoms with Crippen molar-refractivity contribution in [3.63, 3.8) is 0 Å². The van der Waals surface area contributed by atoms with Crippen LogP contribution in [0.3, 0.4) is 0 Å². The number of ether oxygens (including phenoxy) is 2. The van der Waals surface area contributed by atoms with Crippen LogP contribution in [-0.2, 0) is 14.3 Å². The monoisotopic (exact) mass is 341 g/mol. The Hall–Kier alpha value is -1.53. The topological polar surface area (TPSA) is 47.6 Å². The van der Waals surface area contributed by atoms with Crippen LogP contribution >= 0.6 is 0 Å². The Morgan fingerprint density at radius 2 is 2.08 bits per heavy atom. The van der Waals surface area contributed by atoms with Gasteiger partial charge in [0, 0.05) is 6.61 Å². The Kier molecular flexibility index (Phi) is 6.69. The fraction of sp³-hybridized carbons (Fsp3) is 0.611. The van der Waals surface area contributed by atoms with E-state index in [1.54, 1.807) is 6.92 Å². The Balaban J connectivity index is 1.94. The van der Waals surface area contributed by atoms with E-state index in [2.05, 4.69) is 5.32 Å². The molecule has 0 aliphatic carbocycles. The van der Waals surface area contributed by atoms with Crippen molar-refractivity contribution in [3.05, 3.63) is 35.4 Å². The molecule has 0 aromatic heterocycles. The molecule has 1 aliphatic rings. The molecular formula is C18H25F2NO3. The summed E-state index contributed by atoms with van der Waals surface area (Å²) in [6.45, 7) is 6.65. The first-order valence-corrected chi connectivity index (χ1v) is 8.37. The molecule has 1 aliphatic heterocycles. The van der Waals surface area contributed by atoms with Gasteiger partial charge in [-0.3, -0.25) is 4.79 Å². The second-order valence-electron chi connectivity index (χ2n) is 6.54. The summed E-state index contributed by atoms with van der Waals surface area (Å²) in [6, 6.07) is 3.17. The number of carbonyl (C=O) groups is 1. The molecule has 1 amide bonds. The maximum Gasteiger partial charge on any atom is 0.249 e. The van der Waals surface area contributed by atoms with E-state index in [4.69, 9.17) is 9.47 Å². The van der Waals surface area contributed by atoms with Gasteiger partial charge in [0.15, 0.2) is 11.6 Å². The second-order valence-corrected chi connectivity index (χ2v) is 6.54. The first-order chi connectivity index (χ1) is 11.4. The largest absolute Gasteiger partial charge is 0.376 e. The lowest BCUT2D eigenvalue weighted by Crippen LogP contribution is -2.42. The van der Waals surface area contributed by atoms with E-state index in [0.29, 0.717) is 12.2 Å². The van der Waals surface area contributed by atoms with Crippen LogP contribution in [0.5, 0.6) is 0 Å². The SMILES string of the molecule is CC(C)[C@@H](OC[C@@H]1CCCO1)C(=O)N[C@@H](C)c1ccc(F)c(F)c1. The maximum absolute atomic E-state index is 13.3. The van der Waals surface area contributed by atoms with Crippen LogP contribution in [0.2, 0.25) is 0 Å². The van der Waals surface area contributed by atoms with Crippen LogP contribution in [0, 0.1) is 17.6 Å². The van der Waals surface area contributed by atoms with Gasteiger partial charge in [-0.1, -0.05) is 19.9 Å². The first kappa shape index (κ1) is 18.8. The number of hydrogen-bond acceptors (Lipinski definition) is 3. The summed E-state index contributed by atoms with van der Waals surface area (Å²) < 4.78 is 37.6. The molecule has 1 aromatic rings. The molecule has 2 rings (SSSR count). The van der Waals surface area contributed by atoms with Gasteiger partial charge in [0.05, 0.1) is 18.8 Å². The molecule has 4 nitrogen and oxygen atoms in total. The zero-order valence-electron chi connectivity index (χ0n) is 14.4. The standard InChI is InChI=1S/C18H25F2NO3/c1-11(2)17(24-10-14-5-4-8-23-14)18(22)21-12(3)13-6-7-15(19)16(20)9-13/h6-7,9,11-12,14,17H,4-5,8,10H2,1-3H3,(H,21,22)/t12-,14-,17+/m0/s1. The van der Waals surface area contributed by atoms with Gasteiger partial charge in [-0.15, -0.1) is 0 Å². The normalized spacial score (nSPS) is 20.2. The molecule has 1 heterocycles. The van der Waals surface area contributed by atoms with Crippen molar-refractivity contribution in [2.24, 2.45) is 5.92 Å². The van der Waals surface area contributed by atoms with E-state index in [1.807, 2.05) is 13.8 Å². The highest BCUT2D eigenvalue weighted by Crippen LogP contribution is 2.18. The lowest BCUT2D eigenvalue weighted by molar-refractivity contribution is -0.139. The molecule has 0 saturated carbocycles. The summed E-state index contributed by atoms with van der Waals surface area (Å²) >= 11 is 0. The van der Waals surface area contributed by atoms with Crippen LogP contribution in [0.25, 0.3) is 0 Å². The summed E-state index contributed by atoms with van der Waals surface area (Å²) in [5, 5.41) is 2.81. The second kappa shape index (κ2) is 8.53. The predicted molar refractivity (Wildman–Crippen MR) is 86.5 cm³/mol. The number of benzene rings is 1. The number of hydrogen-bond donors (Lipinski definition) is 1. The highest BCUT2D eigenvalue weighted by Gasteiger charge is 2.27. The fourth-order valence-electron chi connectivity index (χ4n) is 2.72. The average Bonchev–Trinajstić information content (AvgIpc) is 3.03. The van der Waals surface area contributed by atoms with Crippen molar-refractivity contribution < 1.29 is 23.0 Å².